The van der Waals surface area contributed by atoms with E-state index in [4.69, 9.17) is 14.4 Å². The first-order valence-corrected chi connectivity index (χ1v) is 4.60. The second-order valence-corrected chi connectivity index (χ2v) is 1.90. The molecule has 0 heterocycles. The Labute approximate surface area is 139 Å². The molecule has 0 amide bonds. The molecule has 0 aliphatic rings. The van der Waals surface area contributed by atoms with Crippen molar-refractivity contribution in [3.05, 3.63) is 38.0 Å². The van der Waals surface area contributed by atoms with Gasteiger partial charge in [-0.05, 0) is 20.8 Å². The normalized spacial score (nSPS) is 4.33. The van der Waals surface area contributed by atoms with Crippen LogP contribution in [0.25, 0.3) is 0 Å². The zero-order valence-electron chi connectivity index (χ0n) is 10.5. The van der Waals surface area contributed by atoms with E-state index in [1.807, 2.05) is 20.8 Å². The second kappa shape index (κ2) is 59.0. The molecule has 0 aliphatic carbocycles. The van der Waals surface area contributed by atoms with E-state index in [1.54, 1.807) is 18.2 Å². The van der Waals surface area contributed by atoms with Crippen molar-refractivity contribution in [2.45, 2.75) is 20.8 Å². The van der Waals surface area contributed by atoms with Gasteiger partial charge in [-0.15, -0.1) is 19.7 Å². The maximum atomic E-state index is 8.48. The molecule has 0 bridgehead atoms. The van der Waals surface area contributed by atoms with Crippen LogP contribution in [0.5, 0.6) is 0 Å². The Hall–Kier alpha value is 1.24. The van der Waals surface area contributed by atoms with Gasteiger partial charge in [0.05, 0.1) is 0 Å². The first-order valence-electron chi connectivity index (χ1n) is 3.50. The largest absolute Gasteiger partial charge is 1.00 e. The van der Waals surface area contributed by atoms with E-state index in [2.05, 4.69) is 19.7 Å². The molecule has 0 aromatic carbocycles. The summed E-state index contributed by atoms with van der Waals surface area (Å²) in [4.78, 5) is 17.0. The third-order valence-electron chi connectivity index (χ3n) is 0. The molecule has 15 heavy (non-hydrogen) atoms. The molecule has 0 saturated heterocycles. The van der Waals surface area contributed by atoms with Gasteiger partial charge < -0.3 is 9.79 Å². The molecular weight excluding hydrogens is 233 g/mol. The summed E-state index contributed by atoms with van der Waals surface area (Å²) in [5.74, 6) is 0. The van der Waals surface area contributed by atoms with Crippen molar-refractivity contribution < 1.29 is 73.5 Å². The van der Waals surface area contributed by atoms with E-state index in [-0.39, 0.29) is 59.1 Å². The molecule has 0 N–H and O–H groups in total. The van der Waals surface area contributed by atoms with Crippen molar-refractivity contribution in [1.29, 1.82) is 0 Å². The Bertz CT molecular complexity index is 112. The smallest absolute Gasteiger partial charge is 0.598 e. The summed E-state index contributed by atoms with van der Waals surface area (Å²) >= 11 is 0. The van der Waals surface area contributed by atoms with Crippen molar-refractivity contribution in [3.8, 4) is 0 Å². The maximum absolute atomic E-state index is 8.48. The van der Waals surface area contributed by atoms with Crippen LogP contribution >= 0.6 is 8.25 Å². The van der Waals surface area contributed by atoms with Crippen LogP contribution in [-0.4, -0.2) is 0 Å². The molecule has 0 atom stereocenters. The van der Waals surface area contributed by atoms with E-state index in [9.17, 15) is 0 Å². The zero-order valence-corrected chi connectivity index (χ0v) is 15.4. The average Bonchev–Trinajstić information content (AvgIpc) is 1.88. The van der Waals surface area contributed by atoms with Crippen LogP contribution in [0.2, 0.25) is 0 Å². The molecule has 0 spiro atoms. The summed E-state index contributed by atoms with van der Waals surface area (Å²) in [5, 5.41) is 0. The molecular formula is C9H18Na2O3P+. The fourth-order valence-electron chi connectivity index (χ4n) is 0. The van der Waals surface area contributed by atoms with Crippen molar-refractivity contribution in [2.75, 3.05) is 0 Å². The molecule has 0 fully saturated rings. The summed E-state index contributed by atoms with van der Waals surface area (Å²) in [7, 11) is -3.37. The summed E-state index contributed by atoms with van der Waals surface area (Å²) in [6.45, 7) is 15.8. The third kappa shape index (κ3) is 1740. The fraction of sp³-hybridized carbons (Fsp3) is 0.333. The summed E-state index contributed by atoms with van der Waals surface area (Å²) in [6.07, 6.45) is 5.25. The third-order valence-corrected chi connectivity index (χ3v) is 0. The van der Waals surface area contributed by atoms with Crippen LogP contribution in [-0.2, 0) is 4.57 Å². The van der Waals surface area contributed by atoms with Crippen LogP contribution < -0.4 is 68.9 Å². The predicted octanol–water partition coefficient (Wildman–Crippen LogP) is -4.05. The van der Waals surface area contributed by atoms with Crippen LogP contribution in [0, 0.1) is 0 Å². The first kappa shape index (κ1) is 36.0. The number of rotatable bonds is 0. The number of allylic oxidation sites excluding steroid dienone is 3. The molecule has 3 nitrogen and oxygen atoms in total. The fourth-order valence-corrected chi connectivity index (χ4v) is 0. The Morgan fingerprint density at radius 1 is 0.867 bits per heavy atom. The van der Waals surface area contributed by atoms with Gasteiger partial charge in [0.25, 0.3) is 8.25 Å². The Morgan fingerprint density at radius 3 is 0.867 bits per heavy atom. The molecule has 0 saturated carbocycles. The summed E-state index contributed by atoms with van der Waals surface area (Å²) < 4.78 is 8.48. The van der Waals surface area contributed by atoms with Gasteiger partial charge in [0.1, 0.15) is 0 Å². The minimum atomic E-state index is -3.37. The van der Waals surface area contributed by atoms with Gasteiger partial charge in [-0.1, -0.05) is 22.8 Å². The Morgan fingerprint density at radius 2 is 0.867 bits per heavy atom. The average molecular weight is 251 g/mol. The van der Waals surface area contributed by atoms with Crippen LogP contribution in [0.1, 0.15) is 20.8 Å². The van der Waals surface area contributed by atoms with Gasteiger partial charge >= 0.3 is 59.1 Å². The standard InChI is InChI=1S/3C3H6.2Na.HO3P/c3*1-3-2;;;1-4(2)3/h3*3H,1H2,2H3;;;(H,1,2,3)/q;;;2*+1;/p-1. The van der Waals surface area contributed by atoms with Crippen molar-refractivity contribution in [3.63, 3.8) is 0 Å². The van der Waals surface area contributed by atoms with Crippen molar-refractivity contribution >= 4 is 8.25 Å². The van der Waals surface area contributed by atoms with Crippen LogP contribution in [0.3, 0.4) is 0 Å². The van der Waals surface area contributed by atoms with Gasteiger partial charge in [0.15, 0.2) is 0 Å². The van der Waals surface area contributed by atoms with Crippen LogP contribution in [0.15, 0.2) is 38.0 Å². The molecule has 6 heteroatoms. The molecule has 0 aromatic heterocycles. The van der Waals surface area contributed by atoms with Gasteiger partial charge in [0, 0.05) is 0 Å². The monoisotopic (exact) mass is 251 g/mol. The summed E-state index contributed by atoms with van der Waals surface area (Å²) in [5.41, 5.74) is 0. The molecule has 0 rings (SSSR count). The van der Waals surface area contributed by atoms with E-state index >= 15 is 0 Å². The van der Waals surface area contributed by atoms with Gasteiger partial charge in [-0.2, -0.15) is 0 Å². The predicted molar refractivity (Wildman–Crippen MR) is 55.2 cm³/mol. The van der Waals surface area contributed by atoms with Crippen molar-refractivity contribution in [2.24, 2.45) is 0 Å². The topological polar surface area (TPSA) is 63.2 Å². The van der Waals surface area contributed by atoms with E-state index in [0.717, 1.165) is 0 Å². The van der Waals surface area contributed by atoms with Gasteiger partial charge in [-0.25, -0.2) is 0 Å². The zero-order chi connectivity index (χ0) is 11.7. The SMILES string of the molecule is C=CC.C=CC.C=CC.O=[P+]([O-])[O-].[Na+].[Na+]. The Kier molecular flexibility index (Phi) is 141. The van der Waals surface area contributed by atoms with Gasteiger partial charge in [0.2, 0.25) is 0 Å². The first-order chi connectivity index (χ1) is 5.97. The van der Waals surface area contributed by atoms with E-state index in [1.165, 1.54) is 0 Å². The Balaban J connectivity index is -0.0000000174. The maximum Gasteiger partial charge on any atom is 1.00 e. The number of hydrogen-bond acceptors (Lipinski definition) is 3. The van der Waals surface area contributed by atoms with E-state index < -0.39 is 8.25 Å². The second-order valence-electron chi connectivity index (χ2n) is 1.45. The minimum Gasteiger partial charge on any atom is -0.598 e. The van der Waals surface area contributed by atoms with Gasteiger partial charge in [-0.3, -0.25) is 0 Å². The van der Waals surface area contributed by atoms with E-state index in [0.29, 0.717) is 0 Å². The van der Waals surface area contributed by atoms with Crippen LogP contribution in [0.4, 0.5) is 0 Å². The minimum absolute atomic E-state index is 0. The molecule has 78 valence electrons. The number of hydrogen-bond donors (Lipinski definition) is 0. The summed E-state index contributed by atoms with van der Waals surface area (Å²) in [6, 6.07) is 0. The molecule has 0 radical (unpaired) electrons. The molecule has 0 aromatic rings. The van der Waals surface area contributed by atoms with Crippen molar-refractivity contribution in [1.82, 2.24) is 0 Å². The molecule has 0 aliphatic heterocycles. The molecule has 0 unspecified atom stereocenters. The quantitative estimate of drug-likeness (QED) is 0.250.